The smallest absolute Gasteiger partial charge is 0.287 e. The van der Waals surface area contributed by atoms with E-state index in [0.717, 1.165) is 0 Å². The van der Waals surface area contributed by atoms with E-state index in [4.69, 9.17) is 5.84 Å². The molecule has 0 spiro atoms. The molecule has 3 N–H and O–H groups in total. The van der Waals surface area contributed by atoms with Gasteiger partial charge in [-0.1, -0.05) is 5.21 Å². The first kappa shape index (κ1) is 14.7. The molecule has 2 aromatic rings. The van der Waals surface area contributed by atoms with Gasteiger partial charge >= 0.3 is 0 Å². The van der Waals surface area contributed by atoms with Crippen molar-refractivity contribution >= 4 is 11.8 Å². The van der Waals surface area contributed by atoms with E-state index in [0.29, 0.717) is 18.8 Å². The van der Waals surface area contributed by atoms with Gasteiger partial charge in [0.2, 0.25) is 0 Å². The average Bonchev–Trinajstić information content (AvgIpc) is 3.12. The SMILES string of the molecule is CN(C)C(=O)c1ccn(CCn2cc(C(=O)NN)nn2)n1. The normalized spacial score (nSPS) is 10.4. The van der Waals surface area contributed by atoms with Gasteiger partial charge < -0.3 is 4.90 Å². The third kappa shape index (κ3) is 3.42. The van der Waals surface area contributed by atoms with E-state index in [9.17, 15) is 9.59 Å². The largest absolute Gasteiger partial charge is 0.343 e. The van der Waals surface area contributed by atoms with Crippen molar-refractivity contribution < 1.29 is 9.59 Å². The Morgan fingerprint density at radius 2 is 2.00 bits per heavy atom. The summed E-state index contributed by atoms with van der Waals surface area (Å²) in [6.07, 6.45) is 3.19. The molecule has 112 valence electrons. The maximum Gasteiger partial charge on any atom is 0.287 e. The highest BCUT2D eigenvalue weighted by Crippen LogP contribution is 2.00. The van der Waals surface area contributed by atoms with Crippen molar-refractivity contribution in [3.8, 4) is 0 Å². The Balaban J connectivity index is 1.96. The Hall–Kier alpha value is -2.75. The van der Waals surface area contributed by atoms with Gasteiger partial charge in [0.1, 0.15) is 5.69 Å². The summed E-state index contributed by atoms with van der Waals surface area (Å²) >= 11 is 0. The minimum absolute atomic E-state index is 0.140. The molecule has 0 radical (unpaired) electrons. The van der Waals surface area contributed by atoms with Gasteiger partial charge in [-0.2, -0.15) is 5.10 Å². The van der Waals surface area contributed by atoms with Crippen LogP contribution >= 0.6 is 0 Å². The molecule has 2 rings (SSSR count). The number of carbonyl (C=O) groups excluding carboxylic acids is 2. The molecule has 0 unspecified atom stereocenters. The molecule has 10 nitrogen and oxygen atoms in total. The summed E-state index contributed by atoms with van der Waals surface area (Å²) in [5.74, 6) is 4.35. The number of hydrogen-bond donors (Lipinski definition) is 2. The second-order valence-electron chi connectivity index (χ2n) is 4.50. The number of nitrogens with one attached hydrogen (secondary N) is 1. The van der Waals surface area contributed by atoms with E-state index in [-0.39, 0.29) is 11.6 Å². The Kier molecular flexibility index (Phi) is 4.28. The Morgan fingerprint density at radius 1 is 1.29 bits per heavy atom. The predicted octanol–water partition coefficient (Wildman–Crippen LogP) is -1.52. The van der Waals surface area contributed by atoms with Crippen molar-refractivity contribution in [3.05, 3.63) is 29.8 Å². The van der Waals surface area contributed by atoms with E-state index in [1.807, 2.05) is 5.43 Å². The highest BCUT2D eigenvalue weighted by molar-refractivity contribution is 5.92. The van der Waals surface area contributed by atoms with Crippen LogP contribution in [0.15, 0.2) is 18.5 Å². The summed E-state index contributed by atoms with van der Waals surface area (Å²) in [6, 6.07) is 1.65. The molecule has 0 atom stereocenters. The summed E-state index contributed by atoms with van der Waals surface area (Å²) in [4.78, 5) is 24.4. The number of carbonyl (C=O) groups is 2. The zero-order chi connectivity index (χ0) is 15.4. The predicted molar refractivity (Wildman–Crippen MR) is 71.9 cm³/mol. The first-order chi connectivity index (χ1) is 10.0. The molecule has 0 bridgehead atoms. The number of hydrazine groups is 1. The van der Waals surface area contributed by atoms with Crippen molar-refractivity contribution in [1.82, 2.24) is 35.1 Å². The minimum Gasteiger partial charge on any atom is -0.343 e. The Bertz CT molecular complexity index is 644. The molecular formula is C11H16N8O2. The van der Waals surface area contributed by atoms with Gasteiger partial charge in [-0.3, -0.25) is 19.7 Å². The lowest BCUT2D eigenvalue weighted by Gasteiger charge is -2.07. The molecule has 0 aromatic carbocycles. The molecule has 2 aromatic heterocycles. The fraction of sp³-hybridized carbons (Fsp3) is 0.364. The number of rotatable bonds is 5. The summed E-state index contributed by atoms with van der Waals surface area (Å²) in [5, 5.41) is 11.7. The maximum atomic E-state index is 11.7. The van der Waals surface area contributed by atoms with Crippen LogP contribution in [0.3, 0.4) is 0 Å². The van der Waals surface area contributed by atoms with Crippen molar-refractivity contribution in [1.29, 1.82) is 0 Å². The van der Waals surface area contributed by atoms with Crippen molar-refractivity contribution in [2.75, 3.05) is 14.1 Å². The van der Waals surface area contributed by atoms with Gasteiger partial charge in [-0.15, -0.1) is 5.10 Å². The van der Waals surface area contributed by atoms with Gasteiger partial charge in [-0.05, 0) is 6.07 Å². The van der Waals surface area contributed by atoms with Crippen LogP contribution in [0.25, 0.3) is 0 Å². The lowest BCUT2D eigenvalue weighted by atomic mass is 10.4. The molecule has 0 saturated heterocycles. The van der Waals surface area contributed by atoms with Crippen LogP contribution < -0.4 is 11.3 Å². The third-order valence-corrected chi connectivity index (χ3v) is 2.73. The lowest BCUT2D eigenvalue weighted by Crippen LogP contribution is -2.30. The molecule has 0 aliphatic rings. The second-order valence-corrected chi connectivity index (χ2v) is 4.50. The number of aromatic nitrogens is 5. The standard InChI is InChI=1S/C11H16N8O2/c1-17(2)11(21)8-3-4-18(15-8)5-6-19-7-9(14-16-19)10(20)13-12/h3-4,7H,5-6,12H2,1-2H3,(H,13,20). The first-order valence-corrected chi connectivity index (χ1v) is 6.17. The molecule has 10 heteroatoms. The first-order valence-electron chi connectivity index (χ1n) is 6.17. The lowest BCUT2D eigenvalue weighted by molar-refractivity contribution is 0.0820. The zero-order valence-electron chi connectivity index (χ0n) is 11.7. The summed E-state index contributed by atoms with van der Waals surface area (Å²) in [7, 11) is 3.33. The Morgan fingerprint density at radius 3 is 2.67 bits per heavy atom. The van der Waals surface area contributed by atoms with Crippen LogP contribution in [0, 0.1) is 0 Å². The van der Waals surface area contributed by atoms with Gasteiger partial charge in [0.05, 0.1) is 19.3 Å². The van der Waals surface area contributed by atoms with Crippen molar-refractivity contribution in [3.63, 3.8) is 0 Å². The third-order valence-electron chi connectivity index (χ3n) is 2.73. The van der Waals surface area contributed by atoms with Crippen LogP contribution in [0.2, 0.25) is 0 Å². The number of hydrogen-bond acceptors (Lipinski definition) is 6. The minimum atomic E-state index is -0.501. The van der Waals surface area contributed by atoms with Crippen molar-refractivity contribution in [2.45, 2.75) is 13.1 Å². The van der Waals surface area contributed by atoms with Crippen molar-refractivity contribution in [2.24, 2.45) is 5.84 Å². The molecule has 0 aliphatic carbocycles. The summed E-state index contributed by atoms with van der Waals surface area (Å²) in [5.41, 5.74) is 2.50. The fourth-order valence-corrected chi connectivity index (χ4v) is 1.62. The van der Waals surface area contributed by atoms with Crippen LogP contribution in [0.4, 0.5) is 0 Å². The number of nitrogens with two attached hydrogens (primary N) is 1. The second kappa shape index (κ2) is 6.13. The summed E-state index contributed by atoms with van der Waals surface area (Å²) < 4.78 is 3.13. The molecule has 0 aliphatic heterocycles. The monoisotopic (exact) mass is 292 g/mol. The number of aryl methyl sites for hydroxylation is 2. The van der Waals surface area contributed by atoms with Crippen LogP contribution in [0.1, 0.15) is 21.0 Å². The fourth-order valence-electron chi connectivity index (χ4n) is 1.62. The summed E-state index contributed by atoms with van der Waals surface area (Å²) in [6.45, 7) is 0.954. The Labute approximate surface area is 120 Å². The van der Waals surface area contributed by atoms with E-state index in [1.165, 1.54) is 15.8 Å². The van der Waals surface area contributed by atoms with E-state index in [1.54, 1.807) is 31.0 Å². The zero-order valence-corrected chi connectivity index (χ0v) is 11.7. The molecular weight excluding hydrogens is 276 g/mol. The number of nitrogens with zero attached hydrogens (tertiary/aromatic N) is 6. The molecule has 2 amide bonds. The highest BCUT2D eigenvalue weighted by Gasteiger charge is 2.12. The van der Waals surface area contributed by atoms with Gasteiger partial charge in [-0.25, -0.2) is 10.5 Å². The van der Waals surface area contributed by atoms with Gasteiger partial charge in [0, 0.05) is 20.3 Å². The topological polar surface area (TPSA) is 124 Å². The highest BCUT2D eigenvalue weighted by atomic mass is 16.2. The van der Waals surface area contributed by atoms with Gasteiger partial charge in [0.25, 0.3) is 11.8 Å². The molecule has 0 fully saturated rings. The molecule has 0 saturated carbocycles. The van der Waals surface area contributed by atoms with Crippen LogP contribution in [-0.2, 0) is 13.1 Å². The van der Waals surface area contributed by atoms with Crippen LogP contribution in [0.5, 0.6) is 0 Å². The van der Waals surface area contributed by atoms with E-state index >= 15 is 0 Å². The number of amides is 2. The number of nitrogen functional groups attached to an aromatic ring is 1. The van der Waals surface area contributed by atoms with Crippen LogP contribution in [-0.4, -0.2) is 55.6 Å². The maximum absolute atomic E-state index is 11.7. The quantitative estimate of drug-likeness (QED) is 0.392. The van der Waals surface area contributed by atoms with E-state index in [2.05, 4.69) is 15.4 Å². The average molecular weight is 292 g/mol. The molecule has 2 heterocycles. The molecule has 21 heavy (non-hydrogen) atoms. The van der Waals surface area contributed by atoms with E-state index < -0.39 is 5.91 Å². The van der Waals surface area contributed by atoms with Gasteiger partial charge in [0.15, 0.2) is 5.69 Å².